The van der Waals surface area contributed by atoms with Crippen LogP contribution < -0.4 is 5.32 Å². The molecule has 1 aromatic heterocycles. The highest BCUT2D eigenvalue weighted by molar-refractivity contribution is 7.89. The molecule has 0 radical (unpaired) electrons. The number of aromatic nitrogens is 1. The summed E-state index contributed by atoms with van der Waals surface area (Å²) in [7, 11) is -3.11. The molecule has 0 atom stereocenters. The Morgan fingerprint density at radius 2 is 1.81 bits per heavy atom. The Morgan fingerprint density at radius 3 is 2.50 bits per heavy atom. The molecule has 3 rings (SSSR count). The van der Waals surface area contributed by atoms with Crippen LogP contribution in [-0.2, 0) is 22.1 Å². The number of rotatable bonds is 6. The number of aryl methyl sites for hydroxylation is 1. The van der Waals surface area contributed by atoms with Gasteiger partial charge in [0.25, 0.3) is 0 Å². The molecular formula is C19H19ClN2O3S. The van der Waals surface area contributed by atoms with Gasteiger partial charge in [-0.3, -0.25) is 0 Å². The molecule has 2 aromatic carbocycles. The van der Waals surface area contributed by atoms with E-state index in [1.807, 2.05) is 37.3 Å². The molecule has 5 nitrogen and oxygen atoms in total. The smallest absolute Gasteiger partial charge is 0.214 e. The number of hydrogen-bond acceptors (Lipinski definition) is 5. The lowest BCUT2D eigenvalue weighted by atomic mass is 10.1. The second kappa shape index (κ2) is 7.51. The summed E-state index contributed by atoms with van der Waals surface area (Å²) >= 11 is 5.92. The molecule has 0 spiro atoms. The van der Waals surface area contributed by atoms with Gasteiger partial charge < -0.3 is 9.73 Å². The molecule has 0 bridgehead atoms. The molecule has 0 amide bonds. The molecule has 0 aliphatic rings. The van der Waals surface area contributed by atoms with Crippen LogP contribution in [0.2, 0.25) is 5.02 Å². The van der Waals surface area contributed by atoms with Gasteiger partial charge in [0.2, 0.25) is 5.89 Å². The first-order valence-corrected chi connectivity index (χ1v) is 10.5. The van der Waals surface area contributed by atoms with E-state index in [9.17, 15) is 8.42 Å². The summed E-state index contributed by atoms with van der Waals surface area (Å²) in [6.45, 7) is 2.24. The van der Waals surface area contributed by atoms with Crippen molar-refractivity contribution in [3.8, 4) is 11.3 Å². The Kier molecular flexibility index (Phi) is 5.34. The molecule has 1 heterocycles. The Balaban J connectivity index is 1.77. The van der Waals surface area contributed by atoms with Gasteiger partial charge >= 0.3 is 0 Å². The number of hydrogen-bond donors (Lipinski definition) is 1. The van der Waals surface area contributed by atoms with Gasteiger partial charge in [-0.2, -0.15) is 0 Å². The fourth-order valence-corrected chi connectivity index (χ4v) is 3.61. The van der Waals surface area contributed by atoms with Crippen LogP contribution in [0, 0.1) is 6.92 Å². The van der Waals surface area contributed by atoms with Gasteiger partial charge in [0.05, 0.1) is 18.0 Å². The zero-order valence-electron chi connectivity index (χ0n) is 14.5. The topological polar surface area (TPSA) is 72.2 Å². The first-order valence-electron chi connectivity index (χ1n) is 8.03. The van der Waals surface area contributed by atoms with Crippen LogP contribution in [-0.4, -0.2) is 19.7 Å². The van der Waals surface area contributed by atoms with Crippen molar-refractivity contribution >= 4 is 27.1 Å². The minimum absolute atomic E-state index is 0.0171. The standard InChI is InChI=1S/C19H19ClN2O3S/c1-13-19(14-7-9-16(20)10-8-14)25-18(22-13)11-21-17-6-4-3-5-15(17)12-26(2,23)24/h3-10,21H,11-12H2,1-2H3. The van der Waals surface area contributed by atoms with Crippen molar-refractivity contribution in [2.75, 3.05) is 11.6 Å². The Labute approximate surface area is 157 Å². The number of nitrogens with zero attached hydrogens (tertiary/aromatic N) is 1. The zero-order chi connectivity index (χ0) is 18.7. The highest BCUT2D eigenvalue weighted by atomic mass is 35.5. The minimum atomic E-state index is -3.11. The summed E-state index contributed by atoms with van der Waals surface area (Å²) < 4.78 is 29.0. The van der Waals surface area contributed by atoms with E-state index in [-0.39, 0.29) is 5.75 Å². The molecule has 0 saturated heterocycles. The van der Waals surface area contributed by atoms with Gasteiger partial charge in [0, 0.05) is 22.5 Å². The number of sulfone groups is 1. The lowest BCUT2D eigenvalue weighted by molar-refractivity contribution is 0.516. The summed E-state index contributed by atoms with van der Waals surface area (Å²) in [4.78, 5) is 4.45. The number of para-hydroxylation sites is 1. The molecule has 3 aromatic rings. The Morgan fingerprint density at radius 1 is 1.12 bits per heavy atom. The van der Waals surface area contributed by atoms with Gasteiger partial charge in [0.15, 0.2) is 15.6 Å². The van der Waals surface area contributed by atoms with E-state index in [4.69, 9.17) is 16.0 Å². The van der Waals surface area contributed by atoms with Crippen LogP contribution in [0.25, 0.3) is 11.3 Å². The SMILES string of the molecule is Cc1nc(CNc2ccccc2CS(C)(=O)=O)oc1-c1ccc(Cl)cc1. The van der Waals surface area contributed by atoms with Crippen LogP contribution in [0.1, 0.15) is 17.1 Å². The molecule has 136 valence electrons. The Hall–Kier alpha value is -2.31. The van der Waals surface area contributed by atoms with Gasteiger partial charge in [0.1, 0.15) is 0 Å². The van der Waals surface area contributed by atoms with E-state index in [2.05, 4.69) is 10.3 Å². The highest BCUT2D eigenvalue weighted by Crippen LogP contribution is 2.26. The van der Waals surface area contributed by atoms with Gasteiger partial charge in [-0.15, -0.1) is 0 Å². The lowest BCUT2D eigenvalue weighted by Gasteiger charge is -2.09. The first kappa shape index (κ1) is 18.5. The van der Waals surface area contributed by atoms with Crippen LogP contribution >= 0.6 is 11.6 Å². The third-order valence-corrected chi connectivity index (χ3v) is 4.90. The second-order valence-electron chi connectivity index (χ2n) is 6.11. The predicted molar refractivity (Wildman–Crippen MR) is 104 cm³/mol. The van der Waals surface area contributed by atoms with Crippen molar-refractivity contribution in [1.29, 1.82) is 0 Å². The average molecular weight is 391 g/mol. The second-order valence-corrected chi connectivity index (χ2v) is 8.69. The summed E-state index contributed by atoms with van der Waals surface area (Å²) in [6, 6.07) is 14.7. The average Bonchev–Trinajstić information content (AvgIpc) is 2.94. The van der Waals surface area contributed by atoms with E-state index in [0.717, 1.165) is 22.5 Å². The van der Waals surface area contributed by atoms with Crippen molar-refractivity contribution in [2.45, 2.75) is 19.2 Å². The highest BCUT2D eigenvalue weighted by Gasteiger charge is 2.13. The number of nitrogens with one attached hydrogen (secondary N) is 1. The third kappa shape index (κ3) is 4.65. The maximum Gasteiger partial charge on any atom is 0.214 e. The summed E-state index contributed by atoms with van der Waals surface area (Å²) in [5, 5.41) is 3.87. The summed E-state index contributed by atoms with van der Waals surface area (Å²) in [5.74, 6) is 1.21. The number of anilines is 1. The van der Waals surface area contributed by atoms with Crippen molar-refractivity contribution < 1.29 is 12.8 Å². The van der Waals surface area contributed by atoms with Crippen molar-refractivity contribution in [1.82, 2.24) is 4.98 Å². The van der Waals surface area contributed by atoms with Crippen LogP contribution in [0.5, 0.6) is 0 Å². The molecular weight excluding hydrogens is 372 g/mol. The molecule has 1 N–H and O–H groups in total. The van der Waals surface area contributed by atoms with E-state index in [1.54, 1.807) is 18.2 Å². The molecule has 0 unspecified atom stereocenters. The van der Waals surface area contributed by atoms with E-state index in [0.29, 0.717) is 23.2 Å². The maximum atomic E-state index is 11.6. The monoisotopic (exact) mass is 390 g/mol. The zero-order valence-corrected chi connectivity index (χ0v) is 16.1. The fourth-order valence-electron chi connectivity index (χ4n) is 2.67. The van der Waals surface area contributed by atoms with E-state index in [1.165, 1.54) is 6.26 Å². The molecule has 26 heavy (non-hydrogen) atoms. The molecule has 7 heteroatoms. The van der Waals surface area contributed by atoms with Gasteiger partial charge in [-0.05, 0) is 42.8 Å². The van der Waals surface area contributed by atoms with Gasteiger partial charge in [-0.1, -0.05) is 29.8 Å². The molecule has 0 fully saturated rings. The fraction of sp³-hybridized carbons (Fsp3) is 0.211. The minimum Gasteiger partial charge on any atom is -0.438 e. The Bertz CT molecular complexity index is 1010. The van der Waals surface area contributed by atoms with Crippen LogP contribution in [0.4, 0.5) is 5.69 Å². The van der Waals surface area contributed by atoms with Crippen molar-refractivity contribution in [3.05, 3.63) is 70.7 Å². The number of oxazole rings is 1. The number of halogens is 1. The van der Waals surface area contributed by atoms with Crippen molar-refractivity contribution in [3.63, 3.8) is 0 Å². The van der Waals surface area contributed by atoms with Crippen LogP contribution in [0.15, 0.2) is 52.9 Å². The van der Waals surface area contributed by atoms with E-state index >= 15 is 0 Å². The lowest BCUT2D eigenvalue weighted by Crippen LogP contribution is -2.06. The van der Waals surface area contributed by atoms with Crippen molar-refractivity contribution in [2.24, 2.45) is 0 Å². The predicted octanol–water partition coefficient (Wildman–Crippen LogP) is 4.46. The quantitative estimate of drug-likeness (QED) is 0.672. The van der Waals surface area contributed by atoms with Crippen LogP contribution in [0.3, 0.4) is 0 Å². The third-order valence-electron chi connectivity index (χ3n) is 3.81. The normalized spacial score (nSPS) is 11.5. The molecule has 0 aliphatic heterocycles. The van der Waals surface area contributed by atoms with Gasteiger partial charge in [-0.25, -0.2) is 13.4 Å². The summed E-state index contributed by atoms with van der Waals surface area (Å²) in [5.41, 5.74) is 3.16. The number of benzene rings is 2. The largest absolute Gasteiger partial charge is 0.438 e. The summed E-state index contributed by atoms with van der Waals surface area (Å²) in [6.07, 6.45) is 1.22. The molecule has 0 aliphatic carbocycles. The maximum absolute atomic E-state index is 11.6. The van der Waals surface area contributed by atoms with E-state index < -0.39 is 9.84 Å². The molecule has 0 saturated carbocycles. The first-order chi connectivity index (χ1) is 12.3.